The van der Waals surface area contributed by atoms with Crippen molar-refractivity contribution >= 4 is 57.8 Å². The lowest BCUT2D eigenvalue weighted by Crippen LogP contribution is -2.50. The molecule has 0 bridgehead atoms. The van der Waals surface area contributed by atoms with E-state index < -0.39 is 98.3 Å². The van der Waals surface area contributed by atoms with Crippen LogP contribution in [0.25, 0.3) is 0 Å². The maximum atomic E-state index is 13.3. The van der Waals surface area contributed by atoms with Crippen molar-refractivity contribution in [2.45, 2.75) is 16.7 Å². The molecule has 284 valence electrons. The Hall–Kier alpha value is -4.83. The van der Waals surface area contributed by atoms with Crippen LogP contribution in [0.2, 0.25) is 0 Å². The number of rotatable bonds is 17. The minimum absolute atomic E-state index is 0.0652. The average molecular weight is 813 g/mol. The summed E-state index contributed by atoms with van der Waals surface area (Å²) in [5.74, 6) is -3.82. The molecule has 0 aliphatic rings. The van der Waals surface area contributed by atoms with Crippen LogP contribution in [0, 0.1) is 6.92 Å². The summed E-state index contributed by atoms with van der Waals surface area (Å²) in [5, 5.41) is 15.5. The third-order valence-electron chi connectivity index (χ3n) is 6.53. The highest BCUT2D eigenvalue weighted by atomic mass is 32.3. The number of aromatic carboxylic acids is 1. The molecule has 26 heteroatoms. The molecule has 3 aromatic rings. The summed E-state index contributed by atoms with van der Waals surface area (Å²) in [6.07, 6.45) is 0. The van der Waals surface area contributed by atoms with Crippen LogP contribution in [0.4, 0.5) is 11.4 Å². The fourth-order valence-corrected chi connectivity index (χ4v) is 7.43. The van der Waals surface area contributed by atoms with Gasteiger partial charge in [0.1, 0.15) is 16.9 Å². The summed E-state index contributed by atoms with van der Waals surface area (Å²) in [5.41, 5.74) is 1.32. The summed E-state index contributed by atoms with van der Waals surface area (Å²) in [7, 11) is -15.9. The summed E-state index contributed by atoms with van der Waals surface area (Å²) < 4.78 is 129. The lowest BCUT2D eigenvalue weighted by Gasteiger charge is -2.13. The Morgan fingerprint density at radius 3 is 1.79 bits per heavy atom. The lowest BCUT2D eigenvalue weighted by atomic mass is 10.2. The number of methoxy groups -OCH3 is 2. The van der Waals surface area contributed by atoms with Crippen molar-refractivity contribution in [2.75, 3.05) is 49.8 Å². The number of sulfone groups is 2. The van der Waals surface area contributed by atoms with Crippen LogP contribution in [-0.2, 0) is 48.8 Å². The molecular weight excluding hydrogens is 785 g/mol. The summed E-state index contributed by atoms with van der Waals surface area (Å²) >= 11 is 0. The van der Waals surface area contributed by atoms with E-state index in [1.807, 2.05) is 0 Å². The molecule has 52 heavy (non-hydrogen) atoms. The second-order valence-electron chi connectivity index (χ2n) is 10.0. The number of carboxylic acid groups (broad SMARTS) is 1. The van der Waals surface area contributed by atoms with E-state index in [4.69, 9.17) is 18.6 Å². The van der Waals surface area contributed by atoms with E-state index in [1.54, 1.807) is 0 Å². The zero-order valence-corrected chi connectivity index (χ0v) is 30.1. The monoisotopic (exact) mass is 812 g/mol. The van der Waals surface area contributed by atoms with Crippen molar-refractivity contribution in [3.8, 4) is 11.5 Å². The van der Waals surface area contributed by atoms with Crippen LogP contribution in [-0.4, -0.2) is 92.8 Å². The standard InChI is InChI=1S/C26H28N4O18S4/c1-14-10-18(21(46-3)13-22(14)50(37,38)9-7-48-52(42,43)44)28-30-24-19(31)12-16(26(33)34)23(25(24)32)29-27-17-5-4-15(11-20(17)45-2)49(35,36)8-6-47-51(39,40)41/h4-5,10-13,27-28H,6-9H2,1-3H3,(H,33,34)(H,39,40,41)(H,42,43,44). The average Bonchev–Trinajstić information content (AvgIpc) is 3.02. The van der Waals surface area contributed by atoms with E-state index in [-0.39, 0.29) is 38.2 Å². The largest absolute Gasteiger partial charge is 0.494 e. The molecule has 0 fully saturated rings. The number of carbonyl (C=O) groups is 1. The van der Waals surface area contributed by atoms with Gasteiger partial charge >= 0.3 is 26.8 Å². The van der Waals surface area contributed by atoms with Gasteiger partial charge in [0.25, 0.3) is 0 Å². The van der Waals surface area contributed by atoms with Gasteiger partial charge in [-0.2, -0.15) is 27.0 Å². The first-order valence-electron chi connectivity index (χ1n) is 13.8. The fourth-order valence-electron chi connectivity index (χ4n) is 4.17. The molecule has 0 radical (unpaired) electrons. The zero-order valence-electron chi connectivity index (χ0n) is 26.8. The Balaban J connectivity index is 2.03. The third kappa shape index (κ3) is 10.8. The molecule has 3 aromatic carbocycles. The Kier molecular flexibility index (Phi) is 13.0. The van der Waals surface area contributed by atoms with Crippen molar-refractivity contribution in [1.82, 2.24) is 0 Å². The van der Waals surface area contributed by atoms with Gasteiger partial charge in [-0.3, -0.25) is 29.5 Å². The molecule has 0 saturated carbocycles. The molecule has 0 unspecified atom stereocenters. The molecule has 0 amide bonds. The number of benzene rings is 3. The first-order valence-corrected chi connectivity index (χ1v) is 19.8. The molecule has 0 saturated heterocycles. The molecule has 0 aromatic heterocycles. The van der Waals surface area contributed by atoms with Gasteiger partial charge < -0.3 is 14.6 Å². The normalized spacial score (nSPS) is 13.2. The van der Waals surface area contributed by atoms with Crippen molar-refractivity contribution in [2.24, 2.45) is 10.2 Å². The number of anilines is 2. The maximum absolute atomic E-state index is 13.3. The smallest absolute Gasteiger partial charge is 0.397 e. The summed E-state index contributed by atoms with van der Waals surface area (Å²) in [6.45, 7) is -0.459. The van der Waals surface area contributed by atoms with E-state index in [9.17, 15) is 53.2 Å². The van der Waals surface area contributed by atoms with Crippen LogP contribution >= 0.6 is 0 Å². The minimum Gasteiger partial charge on any atom is -0.494 e. The Bertz CT molecular complexity index is 2560. The second-order valence-corrected chi connectivity index (χ2v) is 16.4. The number of aryl methyl sites for hydroxylation is 1. The van der Waals surface area contributed by atoms with E-state index in [1.165, 1.54) is 13.0 Å². The minimum atomic E-state index is -4.90. The molecule has 0 aliphatic heterocycles. The molecule has 3 rings (SSSR count). The van der Waals surface area contributed by atoms with Crippen LogP contribution < -0.4 is 41.9 Å². The van der Waals surface area contributed by atoms with Gasteiger partial charge in [0.2, 0.25) is 10.9 Å². The van der Waals surface area contributed by atoms with Crippen molar-refractivity contribution in [1.29, 1.82) is 0 Å². The molecule has 22 nitrogen and oxygen atoms in total. The topological polar surface area (TPSA) is 334 Å². The van der Waals surface area contributed by atoms with Crippen LogP contribution in [0.1, 0.15) is 15.9 Å². The number of hydrogen-bond acceptors (Lipinski definition) is 19. The summed E-state index contributed by atoms with van der Waals surface area (Å²) in [4.78, 5) is 37.3. The highest BCUT2D eigenvalue weighted by Crippen LogP contribution is 2.31. The number of ether oxygens (including phenoxy) is 2. The van der Waals surface area contributed by atoms with Crippen LogP contribution in [0.3, 0.4) is 0 Å². The van der Waals surface area contributed by atoms with Gasteiger partial charge in [-0.05, 0) is 30.7 Å². The third-order valence-corrected chi connectivity index (χ3v) is 11.0. The van der Waals surface area contributed by atoms with E-state index >= 15 is 0 Å². The van der Waals surface area contributed by atoms with E-state index in [0.717, 1.165) is 38.5 Å². The highest BCUT2D eigenvalue weighted by Gasteiger charge is 2.22. The molecular formula is C26H28N4O18S4. The van der Waals surface area contributed by atoms with Gasteiger partial charge in [-0.15, -0.1) is 0 Å². The Morgan fingerprint density at radius 1 is 0.731 bits per heavy atom. The van der Waals surface area contributed by atoms with Crippen molar-refractivity contribution in [3.63, 3.8) is 0 Å². The quantitative estimate of drug-likeness (QED) is 0.0753. The molecule has 5 N–H and O–H groups in total. The second kappa shape index (κ2) is 16.2. The van der Waals surface area contributed by atoms with E-state index in [0.29, 0.717) is 6.07 Å². The molecule has 0 aliphatic carbocycles. The van der Waals surface area contributed by atoms with Crippen LogP contribution in [0.5, 0.6) is 11.5 Å². The number of nitrogens with zero attached hydrogens (tertiary/aromatic N) is 2. The maximum Gasteiger partial charge on any atom is 0.397 e. The predicted octanol–water partition coefficient (Wildman–Crippen LogP) is -1.65. The van der Waals surface area contributed by atoms with Gasteiger partial charge in [0.05, 0.1) is 65.7 Å². The van der Waals surface area contributed by atoms with Crippen molar-refractivity contribution < 1.29 is 70.5 Å². The fraction of sp³-hybridized carbons (Fsp3) is 0.269. The van der Waals surface area contributed by atoms with Crippen molar-refractivity contribution in [3.05, 3.63) is 78.7 Å². The number of hydrogen-bond donors (Lipinski definition) is 5. The Morgan fingerprint density at radius 2 is 1.25 bits per heavy atom. The highest BCUT2D eigenvalue weighted by molar-refractivity contribution is 7.91. The SMILES string of the molecule is COc1cc(S(=O)(=O)CCOS(=O)(=O)O)ccc1NN=c1c(C(=O)O)cc(=O)c(=NNc2cc(C)c(S(=O)(=O)CCOS(=O)(=O)O)cc2OC)c1=O. The molecule has 0 atom stereocenters. The first kappa shape index (κ1) is 41.6. The summed E-state index contributed by atoms with van der Waals surface area (Å²) in [6, 6.07) is 5.91. The van der Waals surface area contributed by atoms with E-state index in [2.05, 4.69) is 29.4 Å². The van der Waals surface area contributed by atoms with Crippen LogP contribution in [0.15, 0.2) is 66.0 Å². The lowest BCUT2D eigenvalue weighted by molar-refractivity contribution is 0.0694. The number of carboxylic acids is 1. The predicted molar refractivity (Wildman–Crippen MR) is 177 cm³/mol. The van der Waals surface area contributed by atoms with Gasteiger partial charge in [0, 0.05) is 18.2 Å². The molecule has 0 spiro atoms. The van der Waals surface area contributed by atoms with Gasteiger partial charge in [-0.1, -0.05) is 0 Å². The zero-order chi connectivity index (χ0) is 39.2. The van der Waals surface area contributed by atoms with Gasteiger partial charge in [0.15, 0.2) is 25.0 Å². The molecule has 0 heterocycles. The first-order chi connectivity index (χ1) is 24.0. The number of nitrogens with one attached hydrogen (secondary N) is 2. The Labute approximate surface area is 294 Å². The van der Waals surface area contributed by atoms with Gasteiger partial charge in [-0.25, -0.2) is 30.0 Å².